The van der Waals surface area contributed by atoms with Crippen LogP contribution in [0, 0.1) is 3.57 Å². The van der Waals surface area contributed by atoms with Crippen LogP contribution in [0.4, 0.5) is 0 Å². The van der Waals surface area contributed by atoms with Gasteiger partial charge in [0.15, 0.2) is 0 Å². The van der Waals surface area contributed by atoms with E-state index in [2.05, 4.69) is 33.4 Å². The molecular formula is C16H15IN2O3. The average molecular weight is 410 g/mol. The molecule has 2 amide bonds. The molecule has 6 heteroatoms. The van der Waals surface area contributed by atoms with Gasteiger partial charge in [0.1, 0.15) is 5.75 Å². The zero-order valence-corrected chi connectivity index (χ0v) is 14.1. The molecule has 0 atom stereocenters. The van der Waals surface area contributed by atoms with E-state index >= 15 is 0 Å². The van der Waals surface area contributed by atoms with Crippen LogP contribution in [0.15, 0.2) is 48.5 Å². The summed E-state index contributed by atoms with van der Waals surface area (Å²) in [4.78, 5) is 23.9. The fourth-order valence-corrected chi connectivity index (χ4v) is 2.54. The Hall–Kier alpha value is -2.09. The number of amides is 2. The predicted octanol–water partition coefficient (Wildman–Crippen LogP) is 2.30. The minimum absolute atomic E-state index is 0.121. The lowest BCUT2D eigenvalue weighted by atomic mass is 10.1. The molecular weight excluding hydrogens is 395 g/mol. The highest BCUT2D eigenvalue weighted by Gasteiger charge is 2.12. The molecule has 2 aromatic carbocycles. The number of ether oxygens (including phenoxy) is 1. The van der Waals surface area contributed by atoms with Crippen LogP contribution < -0.4 is 15.6 Å². The first-order valence-electron chi connectivity index (χ1n) is 6.57. The van der Waals surface area contributed by atoms with Gasteiger partial charge >= 0.3 is 0 Å². The number of methoxy groups -OCH3 is 1. The van der Waals surface area contributed by atoms with Crippen molar-refractivity contribution in [2.75, 3.05) is 7.11 Å². The third-order valence-electron chi connectivity index (χ3n) is 2.98. The van der Waals surface area contributed by atoms with Gasteiger partial charge in [0, 0.05) is 9.13 Å². The number of halogens is 1. The van der Waals surface area contributed by atoms with Crippen LogP contribution in [0.3, 0.4) is 0 Å². The van der Waals surface area contributed by atoms with Gasteiger partial charge in [0.2, 0.25) is 5.91 Å². The Balaban J connectivity index is 1.93. The molecule has 0 bridgehead atoms. The van der Waals surface area contributed by atoms with E-state index < -0.39 is 0 Å². The molecule has 22 heavy (non-hydrogen) atoms. The van der Waals surface area contributed by atoms with Crippen molar-refractivity contribution in [3.8, 4) is 5.75 Å². The quantitative estimate of drug-likeness (QED) is 0.601. The molecule has 2 N–H and O–H groups in total. The molecule has 2 aromatic rings. The van der Waals surface area contributed by atoms with Crippen molar-refractivity contribution in [1.29, 1.82) is 0 Å². The fraction of sp³-hybridized carbons (Fsp3) is 0.125. The van der Waals surface area contributed by atoms with E-state index in [0.29, 0.717) is 11.3 Å². The van der Waals surface area contributed by atoms with Gasteiger partial charge in [-0.15, -0.1) is 0 Å². The van der Waals surface area contributed by atoms with Gasteiger partial charge in [0.25, 0.3) is 5.91 Å². The first kappa shape index (κ1) is 16.3. The molecule has 0 spiro atoms. The molecule has 0 saturated carbocycles. The number of benzene rings is 2. The van der Waals surface area contributed by atoms with Crippen molar-refractivity contribution in [2.24, 2.45) is 0 Å². The molecule has 0 radical (unpaired) electrons. The van der Waals surface area contributed by atoms with Crippen molar-refractivity contribution in [1.82, 2.24) is 10.9 Å². The zero-order chi connectivity index (χ0) is 15.9. The number of hydrogen-bond acceptors (Lipinski definition) is 3. The van der Waals surface area contributed by atoms with Crippen LogP contribution in [0.2, 0.25) is 0 Å². The molecule has 114 valence electrons. The summed E-state index contributed by atoms with van der Waals surface area (Å²) >= 11 is 2.07. The largest absolute Gasteiger partial charge is 0.496 e. The van der Waals surface area contributed by atoms with E-state index in [9.17, 15) is 9.59 Å². The van der Waals surface area contributed by atoms with Gasteiger partial charge < -0.3 is 4.74 Å². The van der Waals surface area contributed by atoms with E-state index in [0.717, 1.165) is 9.13 Å². The molecule has 0 aliphatic rings. The van der Waals surface area contributed by atoms with Crippen molar-refractivity contribution in [3.05, 3.63) is 63.2 Å². The molecule has 0 aliphatic heterocycles. The molecule has 0 fully saturated rings. The predicted molar refractivity (Wildman–Crippen MR) is 91.5 cm³/mol. The third kappa shape index (κ3) is 4.20. The summed E-state index contributed by atoms with van der Waals surface area (Å²) < 4.78 is 6.00. The van der Waals surface area contributed by atoms with Gasteiger partial charge in [0.05, 0.1) is 19.1 Å². The Labute approximate surface area is 142 Å². The SMILES string of the molecule is COc1ccccc1CC(=O)NNC(=O)c1ccccc1I. The van der Waals surface area contributed by atoms with E-state index in [1.807, 2.05) is 24.3 Å². The van der Waals surface area contributed by atoms with Crippen molar-refractivity contribution in [2.45, 2.75) is 6.42 Å². The Bertz CT molecular complexity index is 689. The van der Waals surface area contributed by atoms with Crippen molar-refractivity contribution >= 4 is 34.4 Å². The Morgan fingerprint density at radius 1 is 1.05 bits per heavy atom. The lowest BCUT2D eigenvalue weighted by Gasteiger charge is -2.10. The molecule has 0 aromatic heterocycles. The van der Waals surface area contributed by atoms with Crippen molar-refractivity contribution in [3.63, 3.8) is 0 Å². The minimum Gasteiger partial charge on any atom is -0.496 e. The molecule has 0 saturated heterocycles. The molecule has 5 nitrogen and oxygen atoms in total. The number of carbonyl (C=O) groups excluding carboxylic acids is 2. The summed E-state index contributed by atoms with van der Waals surface area (Å²) in [5.41, 5.74) is 6.09. The number of hydrogen-bond donors (Lipinski definition) is 2. The minimum atomic E-state index is -0.349. The second-order valence-corrected chi connectivity index (χ2v) is 5.63. The number of nitrogens with one attached hydrogen (secondary N) is 2. The van der Waals surface area contributed by atoms with Gasteiger partial charge in [-0.05, 0) is 40.8 Å². The Morgan fingerprint density at radius 3 is 2.45 bits per heavy atom. The van der Waals surface area contributed by atoms with E-state index in [4.69, 9.17) is 4.74 Å². The number of hydrazine groups is 1. The van der Waals surface area contributed by atoms with Gasteiger partial charge in [-0.2, -0.15) is 0 Å². The number of rotatable bonds is 4. The van der Waals surface area contributed by atoms with Crippen LogP contribution in [-0.4, -0.2) is 18.9 Å². The van der Waals surface area contributed by atoms with Gasteiger partial charge in [-0.3, -0.25) is 20.4 Å². The summed E-state index contributed by atoms with van der Waals surface area (Å²) in [6.45, 7) is 0. The molecule has 0 aliphatic carbocycles. The summed E-state index contributed by atoms with van der Waals surface area (Å²) in [6.07, 6.45) is 0.121. The maximum absolute atomic E-state index is 12.0. The summed E-state index contributed by atoms with van der Waals surface area (Å²) in [6, 6.07) is 14.4. The topological polar surface area (TPSA) is 67.4 Å². The normalized spacial score (nSPS) is 9.91. The lowest BCUT2D eigenvalue weighted by molar-refractivity contribution is -0.121. The molecule has 2 rings (SSSR count). The first-order valence-corrected chi connectivity index (χ1v) is 7.65. The highest BCUT2D eigenvalue weighted by atomic mass is 127. The Morgan fingerprint density at radius 2 is 1.73 bits per heavy atom. The number of para-hydroxylation sites is 1. The fourth-order valence-electron chi connectivity index (χ4n) is 1.91. The van der Waals surface area contributed by atoms with Crippen molar-refractivity contribution < 1.29 is 14.3 Å². The number of carbonyl (C=O) groups is 2. The summed E-state index contributed by atoms with van der Waals surface area (Å²) in [5.74, 6) is -0.0243. The van der Waals surface area contributed by atoms with E-state index in [-0.39, 0.29) is 18.2 Å². The maximum Gasteiger partial charge on any atom is 0.270 e. The van der Waals surface area contributed by atoms with Crippen LogP contribution in [0.5, 0.6) is 5.75 Å². The highest BCUT2D eigenvalue weighted by Crippen LogP contribution is 2.17. The van der Waals surface area contributed by atoms with E-state index in [1.54, 1.807) is 31.4 Å². The van der Waals surface area contributed by atoms with E-state index in [1.165, 1.54) is 0 Å². The second-order valence-electron chi connectivity index (χ2n) is 4.47. The summed E-state index contributed by atoms with van der Waals surface area (Å²) in [7, 11) is 1.55. The standard InChI is InChI=1S/C16H15IN2O3/c1-22-14-9-5-2-6-11(14)10-15(20)18-19-16(21)12-7-3-4-8-13(12)17/h2-9H,10H2,1H3,(H,18,20)(H,19,21). The van der Waals surface area contributed by atoms with Crippen LogP contribution in [0.1, 0.15) is 15.9 Å². The second kappa shape index (κ2) is 7.79. The smallest absolute Gasteiger partial charge is 0.270 e. The van der Waals surface area contributed by atoms with Gasteiger partial charge in [-0.25, -0.2) is 0 Å². The summed E-state index contributed by atoms with van der Waals surface area (Å²) in [5, 5.41) is 0. The molecule has 0 heterocycles. The van der Waals surface area contributed by atoms with Crippen LogP contribution in [0.25, 0.3) is 0 Å². The first-order chi connectivity index (χ1) is 10.6. The van der Waals surface area contributed by atoms with Crippen LogP contribution in [-0.2, 0) is 11.2 Å². The highest BCUT2D eigenvalue weighted by molar-refractivity contribution is 14.1. The maximum atomic E-state index is 12.0. The monoisotopic (exact) mass is 410 g/mol. The van der Waals surface area contributed by atoms with Gasteiger partial charge in [-0.1, -0.05) is 30.3 Å². The lowest BCUT2D eigenvalue weighted by Crippen LogP contribution is -2.42. The Kier molecular flexibility index (Phi) is 5.76. The third-order valence-corrected chi connectivity index (χ3v) is 3.92. The zero-order valence-electron chi connectivity index (χ0n) is 11.9. The molecule has 0 unspecified atom stereocenters. The van der Waals surface area contributed by atoms with Crippen LogP contribution >= 0.6 is 22.6 Å². The average Bonchev–Trinajstić information content (AvgIpc) is 2.53.